The second-order valence-electron chi connectivity index (χ2n) is 4.01. The third-order valence-corrected chi connectivity index (χ3v) is 2.79. The van der Waals surface area contributed by atoms with Crippen LogP contribution in [0.2, 0.25) is 0 Å². The first-order valence-electron chi connectivity index (χ1n) is 5.12. The summed E-state index contributed by atoms with van der Waals surface area (Å²) in [6, 6.07) is 0. The van der Waals surface area contributed by atoms with Crippen LogP contribution in [0.3, 0.4) is 0 Å². The molecule has 0 fully saturated rings. The van der Waals surface area contributed by atoms with E-state index in [0.717, 1.165) is 30.9 Å². The van der Waals surface area contributed by atoms with Crippen molar-refractivity contribution in [2.75, 3.05) is 13.6 Å². The fourth-order valence-corrected chi connectivity index (χ4v) is 1.95. The zero-order valence-corrected chi connectivity index (χ0v) is 8.79. The van der Waals surface area contributed by atoms with Crippen molar-refractivity contribution >= 4 is 5.97 Å². The topological polar surface area (TPSA) is 69.2 Å². The Labute approximate surface area is 88.1 Å². The van der Waals surface area contributed by atoms with E-state index in [1.54, 1.807) is 0 Å². The minimum atomic E-state index is -0.764. The first-order valence-corrected chi connectivity index (χ1v) is 5.12. The summed E-state index contributed by atoms with van der Waals surface area (Å²) in [5.41, 5.74) is 3.30. The molecule has 0 aliphatic carbocycles. The molecule has 2 heterocycles. The van der Waals surface area contributed by atoms with Gasteiger partial charge in [0.25, 0.3) is 0 Å². The van der Waals surface area contributed by atoms with E-state index in [4.69, 9.17) is 5.11 Å². The molecule has 82 valence electrons. The third kappa shape index (κ3) is 2.18. The fourth-order valence-electron chi connectivity index (χ4n) is 1.95. The maximum Gasteiger partial charge on any atom is 0.303 e. The van der Waals surface area contributed by atoms with Gasteiger partial charge in [0.05, 0.1) is 17.8 Å². The number of aliphatic carboxylic acids is 1. The molecule has 2 rings (SSSR count). The van der Waals surface area contributed by atoms with Crippen molar-refractivity contribution in [3.05, 3.63) is 17.0 Å². The summed E-state index contributed by atoms with van der Waals surface area (Å²) < 4.78 is 0. The lowest BCUT2D eigenvalue weighted by atomic mass is 10.0. The number of hydrogen-bond donors (Lipinski definition) is 2. The molecular formula is C10H15N3O2. The Hall–Kier alpha value is -1.36. The minimum Gasteiger partial charge on any atom is -0.481 e. The number of H-pyrrole nitrogens is 1. The van der Waals surface area contributed by atoms with Gasteiger partial charge in [-0.15, -0.1) is 0 Å². The monoisotopic (exact) mass is 209 g/mol. The van der Waals surface area contributed by atoms with Gasteiger partial charge in [0.1, 0.15) is 0 Å². The standard InChI is InChI=1S/C10H15N3O2/c1-13-5-4-7-8(2-3-10(14)15)11-12-9(7)6-13/h2-6H2,1H3,(H,11,12)(H,14,15). The maximum absolute atomic E-state index is 10.5. The lowest BCUT2D eigenvalue weighted by Crippen LogP contribution is -2.26. The Balaban J connectivity index is 2.10. The Morgan fingerprint density at radius 1 is 1.67 bits per heavy atom. The number of nitrogens with zero attached hydrogens (tertiary/aromatic N) is 2. The van der Waals surface area contributed by atoms with E-state index < -0.39 is 5.97 Å². The third-order valence-electron chi connectivity index (χ3n) is 2.79. The summed E-state index contributed by atoms with van der Waals surface area (Å²) in [4.78, 5) is 12.7. The van der Waals surface area contributed by atoms with Crippen LogP contribution in [0.1, 0.15) is 23.4 Å². The van der Waals surface area contributed by atoms with Gasteiger partial charge in [0.2, 0.25) is 0 Å². The highest BCUT2D eigenvalue weighted by Crippen LogP contribution is 2.19. The molecule has 0 bridgehead atoms. The molecule has 0 saturated carbocycles. The first-order chi connectivity index (χ1) is 7.16. The molecule has 15 heavy (non-hydrogen) atoms. The first kappa shape index (κ1) is 10.2. The second kappa shape index (κ2) is 4.02. The number of aromatic nitrogens is 2. The van der Waals surface area contributed by atoms with Gasteiger partial charge < -0.3 is 10.0 Å². The van der Waals surface area contributed by atoms with E-state index in [1.165, 1.54) is 5.56 Å². The molecule has 5 heteroatoms. The molecule has 0 atom stereocenters. The number of nitrogens with one attached hydrogen (secondary N) is 1. The number of carboxylic acid groups (broad SMARTS) is 1. The van der Waals surface area contributed by atoms with Crippen LogP contribution in [0.25, 0.3) is 0 Å². The van der Waals surface area contributed by atoms with Gasteiger partial charge in [-0.2, -0.15) is 5.10 Å². The molecule has 0 radical (unpaired) electrons. The number of likely N-dealkylation sites (N-methyl/N-ethyl adjacent to an activating group) is 1. The van der Waals surface area contributed by atoms with Crippen molar-refractivity contribution in [2.24, 2.45) is 0 Å². The van der Waals surface area contributed by atoms with E-state index in [2.05, 4.69) is 22.1 Å². The summed E-state index contributed by atoms with van der Waals surface area (Å²) in [5, 5.41) is 15.8. The van der Waals surface area contributed by atoms with Crippen molar-refractivity contribution in [3.63, 3.8) is 0 Å². The van der Waals surface area contributed by atoms with Crippen LogP contribution in [0.15, 0.2) is 0 Å². The summed E-state index contributed by atoms with van der Waals surface area (Å²) in [6.45, 7) is 1.90. The highest BCUT2D eigenvalue weighted by Gasteiger charge is 2.19. The Kier molecular flexibility index (Phi) is 2.73. The number of rotatable bonds is 3. The van der Waals surface area contributed by atoms with Gasteiger partial charge in [0.15, 0.2) is 0 Å². The van der Waals surface area contributed by atoms with Crippen LogP contribution in [-0.2, 0) is 24.2 Å². The zero-order chi connectivity index (χ0) is 10.8. The van der Waals surface area contributed by atoms with Crippen LogP contribution >= 0.6 is 0 Å². The highest BCUT2D eigenvalue weighted by molar-refractivity contribution is 5.67. The molecular weight excluding hydrogens is 194 g/mol. The Bertz CT molecular complexity index is 373. The lowest BCUT2D eigenvalue weighted by Gasteiger charge is -2.21. The van der Waals surface area contributed by atoms with E-state index >= 15 is 0 Å². The van der Waals surface area contributed by atoms with Crippen LogP contribution in [0.5, 0.6) is 0 Å². The van der Waals surface area contributed by atoms with E-state index in [9.17, 15) is 4.79 Å². The largest absolute Gasteiger partial charge is 0.481 e. The van der Waals surface area contributed by atoms with Crippen molar-refractivity contribution in [1.82, 2.24) is 15.1 Å². The molecule has 1 aromatic rings. The molecule has 0 aromatic carbocycles. The van der Waals surface area contributed by atoms with Gasteiger partial charge >= 0.3 is 5.97 Å². The molecule has 0 saturated heterocycles. The fraction of sp³-hybridized carbons (Fsp3) is 0.600. The average molecular weight is 209 g/mol. The van der Waals surface area contributed by atoms with Gasteiger partial charge in [-0.1, -0.05) is 0 Å². The summed E-state index contributed by atoms with van der Waals surface area (Å²) in [7, 11) is 2.07. The summed E-state index contributed by atoms with van der Waals surface area (Å²) in [5.74, 6) is -0.764. The van der Waals surface area contributed by atoms with Crippen molar-refractivity contribution in [3.8, 4) is 0 Å². The minimum absolute atomic E-state index is 0.160. The van der Waals surface area contributed by atoms with Crippen molar-refractivity contribution < 1.29 is 9.90 Å². The zero-order valence-electron chi connectivity index (χ0n) is 8.79. The molecule has 1 aliphatic heterocycles. The predicted molar refractivity (Wildman–Crippen MR) is 54.6 cm³/mol. The predicted octanol–water partition coefficient (Wildman–Crippen LogP) is 0.415. The molecule has 1 aliphatic rings. The number of fused-ring (bicyclic) bond motifs is 1. The molecule has 0 spiro atoms. The SMILES string of the molecule is CN1CCc2c(CCC(=O)O)n[nH]c2C1. The summed E-state index contributed by atoms with van der Waals surface area (Å²) >= 11 is 0. The van der Waals surface area contributed by atoms with Crippen molar-refractivity contribution in [2.45, 2.75) is 25.8 Å². The Morgan fingerprint density at radius 2 is 2.47 bits per heavy atom. The molecule has 0 amide bonds. The van der Waals surface area contributed by atoms with Gasteiger partial charge in [0, 0.05) is 19.5 Å². The van der Waals surface area contributed by atoms with Crippen LogP contribution in [0, 0.1) is 0 Å². The smallest absolute Gasteiger partial charge is 0.303 e. The highest BCUT2D eigenvalue weighted by atomic mass is 16.4. The lowest BCUT2D eigenvalue weighted by molar-refractivity contribution is -0.136. The number of carbonyl (C=O) groups is 1. The molecule has 2 N–H and O–H groups in total. The van der Waals surface area contributed by atoms with Crippen LogP contribution < -0.4 is 0 Å². The van der Waals surface area contributed by atoms with Crippen LogP contribution in [0.4, 0.5) is 0 Å². The number of hydrogen-bond acceptors (Lipinski definition) is 3. The number of aryl methyl sites for hydroxylation is 1. The average Bonchev–Trinajstić information content (AvgIpc) is 2.57. The van der Waals surface area contributed by atoms with Crippen LogP contribution in [-0.4, -0.2) is 39.8 Å². The van der Waals surface area contributed by atoms with E-state index in [-0.39, 0.29) is 6.42 Å². The second-order valence-corrected chi connectivity index (χ2v) is 4.01. The Morgan fingerprint density at radius 3 is 3.20 bits per heavy atom. The summed E-state index contributed by atoms with van der Waals surface area (Å²) in [6.07, 6.45) is 1.66. The van der Waals surface area contributed by atoms with E-state index in [0.29, 0.717) is 6.42 Å². The van der Waals surface area contributed by atoms with Gasteiger partial charge in [-0.25, -0.2) is 0 Å². The normalized spacial score (nSPS) is 16.3. The number of aromatic amines is 1. The number of carboxylic acids is 1. The maximum atomic E-state index is 10.5. The quantitative estimate of drug-likeness (QED) is 0.756. The molecule has 5 nitrogen and oxygen atoms in total. The van der Waals surface area contributed by atoms with Gasteiger partial charge in [-0.3, -0.25) is 9.89 Å². The van der Waals surface area contributed by atoms with Crippen molar-refractivity contribution in [1.29, 1.82) is 0 Å². The molecule has 1 aromatic heterocycles. The van der Waals surface area contributed by atoms with E-state index in [1.807, 2.05) is 0 Å². The molecule has 0 unspecified atom stereocenters. The van der Waals surface area contributed by atoms with Gasteiger partial charge in [-0.05, 0) is 19.0 Å².